The minimum atomic E-state index is -0.828. The van der Waals surface area contributed by atoms with Crippen LogP contribution in [0.25, 0.3) is 0 Å². The molecule has 34 heavy (non-hydrogen) atoms. The SMILES string of the molecule is C=C1C(=O)O[C@H]2C1[C@H](OC(=O)/C(=C\CO)COC(=O)/C(C)=C/CO)CC(=C)[C@@H]1CC(=O)[C@@H](C)[C@@H]12. The highest BCUT2D eigenvalue weighted by Gasteiger charge is 2.57. The molecule has 6 atom stereocenters. The molecular formula is C25H30O9. The fourth-order valence-electron chi connectivity index (χ4n) is 5.05. The molecular weight excluding hydrogens is 444 g/mol. The van der Waals surface area contributed by atoms with Crippen molar-refractivity contribution in [2.45, 2.75) is 38.9 Å². The summed E-state index contributed by atoms with van der Waals surface area (Å²) >= 11 is 0. The molecule has 3 rings (SSSR count). The zero-order chi connectivity index (χ0) is 25.2. The average Bonchev–Trinajstić information content (AvgIpc) is 3.21. The first-order valence-corrected chi connectivity index (χ1v) is 11.2. The van der Waals surface area contributed by atoms with E-state index in [1.54, 1.807) is 0 Å². The van der Waals surface area contributed by atoms with Crippen LogP contribution in [0.1, 0.15) is 26.7 Å². The van der Waals surface area contributed by atoms with E-state index in [1.807, 2.05) is 6.92 Å². The smallest absolute Gasteiger partial charge is 0.337 e. The van der Waals surface area contributed by atoms with Crippen LogP contribution >= 0.6 is 0 Å². The van der Waals surface area contributed by atoms with Gasteiger partial charge in [-0.05, 0) is 25.0 Å². The van der Waals surface area contributed by atoms with Gasteiger partial charge in [-0.3, -0.25) is 4.79 Å². The van der Waals surface area contributed by atoms with Crippen molar-refractivity contribution in [3.63, 3.8) is 0 Å². The van der Waals surface area contributed by atoms with Gasteiger partial charge < -0.3 is 24.4 Å². The lowest BCUT2D eigenvalue weighted by Crippen LogP contribution is -2.38. The van der Waals surface area contributed by atoms with Crippen LogP contribution in [0, 0.1) is 23.7 Å². The van der Waals surface area contributed by atoms with Crippen LogP contribution in [0.2, 0.25) is 0 Å². The van der Waals surface area contributed by atoms with Crippen molar-refractivity contribution in [3.05, 3.63) is 47.6 Å². The molecule has 1 heterocycles. The molecule has 1 saturated heterocycles. The van der Waals surface area contributed by atoms with E-state index in [2.05, 4.69) is 13.2 Å². The molecule has 9 nitrogen and oxygen atoms in total. The molecule has 2 N–H and O–H groups in total. The van der Waals surface area contributed by atoms with Crippen molar-refractivity contribution in [3.8, 4) is 0 Å². The number of hydrogen-bond acceptors (Lipinski definition) is 9. The number of fused-ring (bicyclic) bond motifs is 3. The molecule has 9 heteroatoms. The first-order valence-electron chi connectivity index (χ1n) is 11.2. The zero-order valence-electron chi connectivity index (χ0n) is 19.3. The van der Waals surface area contributed by atoms with Gasteiger partial charge in [-0.25, -0.2) is 14.4 Å². The molecule has 0 bridgehead atoms. The van der Waals surface area contributed by atoms with Crippen LogP contribution in [-0.2, 0) is 33.4 Å². The molecule has 0 spiro atoms. The summed E-state index contributed by atoms with van der Waals surface area (Å²) in [4.78, 5) is 49.8. The van der Waals surface area contributed by atoms with E-state index in [9.17, 15) is 24.3 Å². The number of ether oxygens (including phenoxy) is 3. The number of esters is 3. The van der Waals surface area contributed by atoms with Gasteiger partial charge in [0.25, 0.3) is 0 Å². The van der Waals surface area contributed by atoms with Crippen molar-refractivity contribution in [1.82, 2.24) is 0 Å². The van der Waals surface area contributed by atoms with Gasteiger partial charge in [-0.15, -0.1) is 0 Å². The molecule has 3 fully saturated rings. The maximum Gasteiger partial charge on any atom is 0.337 e. The van der Waals surface area contributed by atoms with Crippen molar-refractivity contribution in [2.24, 2.45) is 23.7 Å². The molecule has 2 saturated carbocycles. The Balaban J connectivity index is 1.81. The second-order valence-corrected chi connectivity index (χ2v) is 8.93. The Bertz CT molecular complexity index is 973. The zero-order valence-corrected chi connectivity index (χ0v) is 19.3. The van der Waals surface area contributed by atoms with Crippen molar-refractivity contribution >= 4 is 23.7 Å². The monoisotopic (exact) mass is 474 g/mol. The summed E-state index contributed by atoms with van der Waals surface area (Å²) in [6.45, 7) is 9.95. The van der Waals surface area contributed by atoms with Crippen LogP contribution in [0.15, 0.2) is 47.6 Å². The predicted octanol–water partition coefficient (Wildman–Crippen LogP) is 1.20. The van der Waals surface area contributed by atoms with E-state index < -0.39 is 49.2 Å². The second-order valence-electron chi connectivity index (χ2n) is 8.93. The number of hydrogen-bond donors (Lipinski definition) is 2. The van der Waals surface area contributed by atoms with Crippen molar-refractivity contribution in [2.75, 3.05) is 19.8 Å². The lowest BCUT2D eigenvalue weighted by atomic mass is 9.79. The van der Waals surface area contributed by atoms with Crippen molar-refractivity contribution < 1.29 is 43.6 Å². The maximum atomic E-state index is 13.0. The topological polar surface area (TPSA) is 136 Å². The Morgan fingerprint density at radius 2 is 1.79 bits per heavy atom. The van der Waals surface area contributed by atoms with Crippen LogP contribution in [0.5, 0.6) is 0 Å². The molecule has 0 radical (unpaired) electrons. The Hall–Kier alpha value is -3.04. The van der Waals surface area contributed by atoms with Gasteiger partial charge in [0.15, 0.2) is 0 Å². The molecule has 0 aromatic rings. The van der Waals surface area contributed by atoms with E-state index in [-0.39, 0.29) is 53.3 Å². The van der Waals surface area contributed by atoms with E-state index >= 15 is 0 Å². The molecule has 0 amide bonds. The third-order valence-corrected chi connectivity index (χ3v) is 6.94. The van der Waals surface area contributed by atoms with Gasteiger partial charge in [0, 0.05) is 35.8 Å². The Kier molecular flexibility index (Phi) is 7.89. The lowest BCUT2D eigenvalue weighted by molar-refractivity contribution is -0.150. The number of carbonyl (C=O) groups is 4. The molecule has 184 valence electrons. The van der Waals surface area contributed by atoms with Gasteiger partial charge in [0.05, 0.1) is 24.7 Å². The summed E-state index contributed by atoms with van der Waals surface area (Å²) in [5.41, 5.74) is 0.989. The minimum absolute atomic E-state index is 0.0828. The second kappa shape index (κ2) is 10.5. The lowest BCUT2D eigenvalue weighted by Gasteiger charge is -2.29. The quantitative estimate of drug-likeness (QED) is 0.241. The standard InChI is InChI=1S/C25H30O9/c1-12(5-7-26)23(29)32-11-16(6-8-27)25(31)33-19-9-13(2)17-10-18(28)14(3)20(17)22-21(19)15(4)24(30)34-22/h5-6,14,17,19-22,26-27H,2,4,7-11H2,1,3H3/b12-5+,16-6-/t14-,17+,19-,20+,21?,22-/m1/s1. The molecule has 2 aliphatic carbocycles. The number of Topliss-reactive ketones (excluding diaryl/α,β-unsaturated/α-hetero) is 1. The van der Waals surface area contributed by atoms with E-state index in [0.29, 0.717) is 6.42 Å². The number of aliphatic hydroxyl groups is 2. The summed E-state index contributed by atoms with van der Waals surface area (Å²) in [6, 6.07) is 0. The van der Waals surface area contributed by atoms with Gasteiger partial charge in [0.1, 0.15) is 24.6 Å². The molecule has 1 unspecified atom stereocenters. The van der Waals surface area contributed by atoms with Gasteiger partial charge >= 0.3 is 17.9 Å². The van der Waals surface area contributed by atoms with E-state index in [4.69, 9.17) is 19.3 Å². The van der Waals surface area contributed by atoms with Crippen LogP contribution < -0.4 is 0 Å². The number of aliphatic hydroxyl groups excluding tert-OH is 2. The number of carbonyl (C=O) groups excluding carboxylic acids is 4. The summed E-state index contributed by atoms with van der Waals surface area (Å²) in [5.74, 6) is -3.50. The van der Waals surface area contributed by atoms with E-state index in [1.165, 1.54) is 19.1 Å². The normalized spacial score (nSPS) is 31.5. The number of ketones is 1. The summed E-state index contributed by atoms with van der Waals surface area (Å²) < 4.78 is 16.5. The third kappa shape index (κ3) is 4.90. The van der Waals surface area contributed by atoms with Crippen LogP contribution in [0.3, 0.4) is 0 Å². The molecule has 0 aromatic heterocycles. The maximum absolute atomic E-state index is 13.0. The van der Waals surface area contributed by atoms with E-state index in [0.717, 1.165) is 5.57 Å². The minimum Gasteiger partial charge on any atom is -0.458 e. The highest BCUT2D eigenvalue weighted by atomic mass is 16.6. The average molecular weight is 475 g/mol. The summed E-state index contributed by atoms with van der Waals surface area (Å²) in [7, 11) is 0. The largest absolute Gasteiger partial charge is 0.458 e. The first-order chi connectivity index (χ1) is 16.1. The Labute approximate surface area is 197 Å². The predicted molar refractivity (Wildman–Crippen MR) is 119 cm³/mol. The Morgan fingerprint density at radius 1 is 1.12 bits per heavy atom. The van der Waals surface area contributed by atoms with Gasteiger partial charge in [0.2, 0.25) is 0 Å². The highest BCUT2D eigenvalue weighted by Crippen LogP contribution is 2.52. The molecule has 1 aliphatic heterocycles. The molecule has 0 aromatic carbocycles. The van der Waals surface area contributed by atoms with Crippen LogP contribution in [-0.4, -0.2) is 65.9 Å². The summed E-state index contributed by atoms with van der Waals surface area (Å²) in [5, 5.41) is 18.2. The first kappa shape index (κ1) is 25.6. The Morgan fingerprint density at radius 3 is 2.44 bits per heavy atom. The molecule has 3 aliphatic rings. The fourth-order valence-corrected chi connectivity index (χ4v) is 5.05. The van der Waals surface area contributed by atoms with Crippen molar-refractivity contribution in [1.29, 1.82) is 0 Å². The van der Waals surface area contributed by atoms with Gasteiger partial charge in [-0.2, -0.15) is 0 Å². The fraction of sp³-hybridized carbons (Fsp3) is 0.520. The third-order valence-electron chi connectivity index (χ3n) is 6.94. The van der Waals surface area contributed by atoms with Gasteiger partial charge in [-0.1, -0.05) is 25.7 Å². The van der Waals surface area contributed by atoms with Crippen LogP contribution in [0.4, 0.5) is 0 Å². The highest BCUT2D eigenvalue weighted by molar-refractivity contribution is 5.93. The summed E-state index contributed by atoms with van der Waals surface area (Å²) in [6.07, 6.45) is 1.45. The number of rotatable bonds is 7.